The Morgan fingerprint density at radius 3 is 2.04 bits per heavy atom. The molecule has 2 aromatic rings. The molecule has 0 unspecified atom stereocenters. The first kappa shape index (κ1) is 18.3. The predicted octanol–water partition coefficient (Wildman–Crippen LogP) is 3.68. The summed E-state index contributed by atoms with van der Waals surface area (Å²) in [6.45, 7) is 0.532. The van der Waals surface area contributed by atoms with Gasteiger partial charge in [0, 0.05) is 0 Å². The third kappa shape index (κ3) is 7.04. The third-order valence-electron chi connectivity index (χ3n) is 3.41. The summed E-state index contributed by atoms with van der Waals surface area (Å²) in [6.07, 6.45) is 1.15. The van der Waals surface area contributed by atoms with Gasteiger partial charge < -0.3 is 14.6 Å². The van der Waals surface area contributed by atoms with Crippen LogP contribution in [-0.4, -0.2) is 30.6 Å². The molecule has 0 bridgehead atoms. The number of benzene rings is 2. The van der Waals surface area contributed by atoms with E-state index in [0.29, 0.717) is 13.2 Å². The van der Waals surface area contributed by atoms with Crippen LogP contribution in [-0.2, 0) is 22.7 Å². The maximum atomic E-state index is 13.8. The molecule has 0 aliphatic rings. The summed E-state index contributed by atoms with van der Waals surface area (Å²) in [4.78, 5) is 0. The number of aliphatic hydroxyl groups is 1. The van der Waals surface area contributed by atoms with Crippen molar-refractivity contribution < 1.29 is 19.0 Å². The average molecular weight is 330 g/mol. The van der Waals surface area contributed by atoms with Crippen LogP contribution < -0.4 is 0 Å². The van der Waals surface area contributed by atoms with Crippen LogP contribution in [0.4, 0.5) is 4.39 Å². The predicted molar refractivity (Wildman–Crippen MR) is 92.2 cm³/mol. The molecule has 2 aromatic carbocycles. The fraction of sp³-hybridized carbons (Fsp3) is 0.300. The molecule has 0 fully saturated rings. The summed E-state index contributed by atoms with van der Waals surface area (Å²) in [5.41, 5.74) is 2.01. The van der Waals surface area contributed by atoms with E-state index < -0.39 is 12.3 Å². The van der Waals surface area contributed by atoms with Crippen LogP contribution in [0.15, 0.2) is 72.8 Å². The largest absolute Gasteiger partial charge is 0.393 e. The van der Waals surface area contributed by atoms with E-state index in [4.69, 9.17) is 9.47 Å². The first-order valence-corrected chi connectivity index (χ1v) is 7.98. The molecule has 0 saturated heterocycles. The fourth-order valence-corrected chi connectivity index (χ4v) is 2.11. The SMILES string of the molecule is OC[C@H](/C=C/[C@@H](F)COCc1ccccc1)OCc1ccccc1. The number of hydrogen-bond donors (Lipinski definition) is 1. The smallest absolute Gasteiger partial charge is 0.142 e. The van der Waals surface area contributed by atoms with E-state index in [1.165, 1.54) is 6.08 Å². The van der Waals surface area contributed by atoms with E-state index in [-0.39, 0.29) is 13.2 Å². The number of aliphatic hydroxyl groups excluding tert-OH is 1. The molecule has 128 valence electrons. The lowest BCUT2D eigenvalue weighted by Crippen LogP contribution is -2.16. The topological polar surface area (TPSA) is 38.7 Å². The Balaban J connectivity index is 1.69. The number of hydrogen-bond acceptors (Lipinski definition) is 3. The Morgan fingerprint density at radius 1 is 0.875 bits per heavy atom. The maximum absolute atomic E-state index is 13.8. The summed E-state index contributed by atoms with van der Waals surface area (Å²) in [5.74, 6) is 0. The van der Waals surface area contributed by atoms with Gasteiger partial charge in [0.05, 0.1) is 32.5 Å². The average Bonchev–Trinajstić information content (AvgIpc) is 2.63. The van der Waals surface area contributed by atoms with Gasteiger partial charge in [0.25, 0.3) is 0 Å². The standard InChI is InChI=1S/C20H23FO3/c21-19(16-23-14-17-7-3-1-4-8-17)11-12-20(13-22)24-15-18-9-5-2-6-10-18/h1-12,19-20,22H,13-16H2/b12-11+/t19-,20+/m1/s1. The number of rotatable bonds is 10. The van der Waals surface area contributed by atoms with Crippen LogP contribution in [0, 0.1) is 0 Å². The first-order chi connectivity index (χ1) is 11.8. The van der Waals surface area contributed by atoms with Crippen LogP contribution >= 0.6 is 0 Å². The highest BCUT2D eigenvalue weighted by atomic mass is 19.1. The lowest BCUT2D eigenvalue weighted by Gasteiger charge is -2.12. The molecular formula is C20H23FO3. The van der Waals surface area contributed by atoms with Gasteiger partial charge >= 0.3 is 0 Å². The number of halogens is 1. The van der Waals surface area contributed by atoms with Crippen LogP contribution in [0.2, 0.25) is 0 Å². The van der Waals surface area contributed by atoms with Crippen molar-refractivity contribution in [2.45, 2.75) is 25.5 Å². The van der Waals surface area contributed by atoms with Gasteiger partial charge in [0.1, 0.15) is 6.17 Å². The van der Waals surface area contributed by atoms with Crippen molar-refractivity contribution in [1.29, 1.82) is 0 Å². The molecule has 0 radical (unpaired) electrons. The molecule has 0 aliphatic carbocycles. The highest BCUT2D eigenvalue weighted by Gasteiger charge is 2.07. The minimum Gasteiger partial charge on any atom is -0.393 e. The monoisotopic (exact) mass is 330 g/mol. The van der Waals surface area contributed by atoms with Crippen LogP contribution in [0.25, 0.3) is 0 Å². The van der Waals surface area contributed by atoms with Gasteiger partial charge in [0.15, 0.2) is 0 Å². The molecule has 2 atom stereocenters. The lowest BCUT2D eigenvalue weighted by molar-refractivity contribution is 0.0311. The Hall–Kier alpha value is -2.01. The van der Waals surface area contributed by atoms with Crippen molar-refractivity contribution in [3.63, 3.8) is 0 Å². The number of alkyl halides is 1. The second kappa shape index (κ2) is 10.7. The first-order valence-electron chi connectivity index (χ1n) is 7.98. The van der Waals surface area contributed by atoms with Gasteiger partial charge in [-0.15, -0.1) is 0 Å². The summed E-state index contributed by atoms with van der Waals surface area (Å²) >= 11 is 0. The van der Waals surface area contributed by atoms with Gasteiger partial charge in [-0.1, -0.05) is 66.7 Å². The van der Waals surface area contributed by atoms with Crippen molar-refractivity contribution in [2.75, 3.05) is 13.2 Å². The quantitative estimate of drug-likeness (QED) is 0.676. The third-order valence-corrected chi connectivity index (χ3v) is 3.41. The molecule has 0 aliphatic heterocycles. The zero-order valence-corrected chi connectivity index (χ0v) is 13.6. The molecular weight excluding hydrogens is 307 g/mol. The molecule has 1 N–H and O–H groups in total. The molecule has 0 spiro atoms. The highest BCUT2D eigenvalue weighted by Crippen LogP contribution is 2.06. The minimum atomic E-state index is -1.23. The normalized spacial score (nSPS) is 13.9. The van der Waals surface area contributed by atoms with Crippen LogP contribution in [0.3, 0.4) is 0 Å². The zero-order valence-electron chi connectivity index (χ0n) is 13.6. The highest BCUT2D eigenvalue weighted by molar-refractivity contribution is 5.14. The van der Waals surface area contributed by atoms with Crippen molar-refractivity contribution >= 4 is 0 Å². The molecule has 4 heteroatoms. The molecule has 24 heavy (non-hydrogen) atoms. The Kier molecular flexibility index (Phi) is 8.18. The molecule has 3 nitrogen and oxygen atoms in total. The molecule has 0 saturated carbocycles. The zero-order chi connectivity index (χ0) is 17.0. The summed E-state index contributed by atoms with van der Waals surface area (Å²) < 4.78 is 24.7. The van der Waals surface area contributed by atoms with Gasteiger partial charge in [0.2, 0.25) is 0 Å². The van der Waals surface area contributed by atoms with E-state index in [1.54, 1.807) is 6.08 Å². The maximum Gasteiger partial charge on any atom is 0.142 e. The van der Waals surface area contributed by atoms with Crippen molar-refractivity contribution in [3.8, 4) is 0 Å². The van der Waals surface area contributed by atoms with Crippen molar-refractivity contribution in [1.82, 2.24) is 0 Å². The second-order valence-corrected chi connectivity index (χ2v) is 5.42. The van der Waals surface area contributed by atoms with E-state index >= 15 is 0 Å². The Morgan fingerprint density at radius 2 is 1.46 bits per heavy atom. The van der Waals surface area contributed by atoms with Gasteiger partial charge in [-0.3, -0.25) is 0 Å². The Labute approximate surface area is 142 Å². The molecule has 2 rings (SSSR count). The van der Waals surface area contributed by atoms with Gasteiger partial charge in [-0.05, 0) is 17.2 Å². The van der Waals surface area contributed by atoms with Gasteiger partial charge in [-0.25, -0.2) is 4.39 Å². The summed E-state index contributed by atoms with van der Waals surface area (Å²) in [5, 5.41) is 9.31. The fourth-order valence-electron chi connectivity index (χ4n) is 2.11. The summed E-state index contributed by atoms with van der Waals surface area (Å²) in [7, 11) is 0. The van der Waals surface area contributed by atoms with Crippen molar-refractivity contribution in [3.05, 3.63) is 83.9 Å². The minimum absolute atomic E-state index is 0.0256. The van der Waals surface area contributed by atoms with E-state index in [2.05, 4.69) is 0 Å². The van der Waals surface area contributed by atoms with E-state index in [9.17, 15) is 9.50 Å². The van der Waals surface area contributed by atoms with E-state index in [1.807, 2.05) is 60.7 Å². The second-order valence-electron chi connectivity index (χ2n) is 5.42. The van der Waals surface area contributed by atoms with Crippen LogP contribution in [0.5, 0.6) is 0 Å². The van der Waals surface area contributed by atoms with Gasteiger partial charge in [-0.2, -0.15) is 0 Å². The summed E-state index contributed by atoms with van der Waals surface area (Å²) in [6, 6.07) is 19.3. The number of ether oxygens (including phenoxy) is 2. The van der Waals surface area contributed by atoms with Crippen molar-refractivity contribution in [2.24, 2.45) is 0 Å². The molecule has 0 amide bonds. The molecule has 0 aromatic heterocycles. The lowest BCUT2D eigenvalue weighted by atomic mass is 10.2. The Bertz CT molecular complexity index is 586. The van der Waals surface area contributed by atoms with E-state index in [0.717, 1.165) is 11.1 Å². The molecule has 0 heterocycles. The van der Waals surface area contributed by atoms with Crippen LogP contribution in [0.1, 0.15) is 11.1 Å².